The Bertz CT molecular complexity index is 650. The largest absolute Gasteiger partial charge is 0.481 e. The fourth-order valence-corrected chi connectivity index (χ4v) is 1.83. The van der Waals surface area contributed by atoms with E-state index in [-0.39, 0.29) is 0 Å². The Labute approximate surface area is 137 Å². The minimum atomic E-state index is -0.923. The van der Waals surface area contributed by atoms with Gasteiger partial charge in [-0.3, -0.25) is 4.68 Å². The van der Waals surface area contributed by atoms with Gasteiger partial charge in [0.25, 0.3) is 0 Å². The van der Waals surface area contributed by atoms with E-state index in [1.807, 2.05) is 38.2 Å². The van der Waals surface area contributed by atoms with E-state index in [0.717, 1.165) is 11.2 Å². The van der Waals surface area contributed by atoms with Crippen LogP contribution in [0.25, 0.3) is 0 Å². The second-order valence-corrected chi connectivity index (χ2v) is 6.58. The second-order valence-electron chi connectivity index (χ2n) is 6.58. The third-order valence-electron chi connectivity index (χ3n) is 4.07. The highest BCUT2D eigenvalue weighted by Crippen LogP contribution is 2.24. The van der Waals surface area contributed by atoms with Gasteiger partial charge in [0, 0.05) is 18.5 Å². The van der Waals surface area contributed by atoms with Crippen LogP contribution in [0, 0.1) is 0 Å². The minimum absolute atomic E-state index is 0.391. The average Bonchev–Trinajstić information content (AvgIpc) is 2.92. The van der Waals surface area contributed by atoms with Gasteiger partial charge in [0.2, 0.25) is 5.88 Å². The molecule has 2 aromatic rings. The van der Waals surface area contributed by atoms with Gasteiger partial charge in [-0.2, -0.15) is 5.10 Å². The van der Waals surface area contributed by atoms with Crippen molar-refractivity contribution >= 4 is 12.9 Å². The lowest BCUT2D eigenvalue weighted by Gasteiger charge is -2.37. The van der Waals surface area contributed by atoms with E-state index in [9.17, 15) is 5.11 Å². The Kier molecular flexibility index (Phi) is 5.11. The summed E-state index contributed by atoms with van der Waals surface area (Å²) in [5.41, 5.74) is 0.249. The summed E-state index contributed by atoms with van der Waals surface area (Å²) in [7, 11) is 1.99. The van der Waals surface area contributed by atoms with Crippen molar-refractivity contribution in [1.82, 2.24) is 14.8 Å². The molecule has 0 aliphatic carbocycles. The first-order chi connectivity index (χ1) is 10.7. The van der Waals surface area contributed by atoms with Gasteiger partial charge in [-0.25, -0.2) is 4.98 Å². The number of aliphatic hydroxyl groups is 1. The fraction of sp³-hybridized carbons (Fsp3) is 0.500. The molecule has 0 saturated carbocycles. The zero-order valence-corrected chi connectivity index (χ0v) is 14.4. The Morgan fingerprint density at radius 1 is 1.26 bits per heavy atom. The number of aromatic nitrogens is 3. The van der Waals surface area contributed by atoms with Crippen LogP contribution in [0.15, 0.2) is 30.6 Å². The normalized spacial score (nSPS) is 12.3. The van der Waals surface area contributed by atoms with Crippen molar-refractivity contribution in [3.63, 3.8) is 0 Å². The molecule has 2 aromatic heterocycles. The standard InChI is InChI=1S/C16H24BN3O3/c1-15(2,21)16(3,4)23-17-12-9-18-20(10-12)11-13-7-6-8-14(19-13)22-5/h6-10,17,21H,11H2,1-5H3. The van der Waals surface area contributed by atoms with Crippen LogP contribution in [0.4, 0.5) is 0 Å². The lowest BCUT2D eigenvalue weighted by atomic mass is 9.84. The van der Waals surface area contributed by atoms with Crippen LogP contribution in [-0.4, -0.2) is 45.7 Å². The van der Waals surface area contributed by atoms with E-state index in [2.05, 4.69) is 10.1 Å². The number of nitrogens with zero attached hydrogens (tertiary/aromatic N) is 3. The Hall–Kier alpha value is -1.86. The number of hydrogen-bond donors (Lipinski definition) is 1. The second kappa shape index (κ2) is 6.72. The first-order valence-corrected chi connectivity index (χ1v) is 7.59. The van der Waals surface area contributed by atoms with E-state index < -0.39 is 11.2 Å². The maximum atomic E-state index is 10.1. The molecule has 0 spiro atoms. The lowest BCUT2D eigenvalue weighted by Crippen LogP contribution is -2.49. The molecular formula is C16H24BN3O3. The van der Waals surface area contributed by atoms with Gasteiger partial charge in [-0.05, 0) is 39.2 Å². The summed E-state index contributed by atoms with van der Waals surface area (Å²) in [6, 6.07) is 5.64. The minimum Gasteiger partial charge on any atom is -0.481 e. The van der Waals surface area contributed by atoms with Gasteiger partial charge >= 0.3 is 7.48 Å². The molecule has 6 nitrogen and oxygen atoms in total. The molecule has 23 heavy (non-hydrogen) atoms. The van der Waals surface area contributed by atoms with E-state index in [1.54, 1.807) is 31.8 Å². The van der Waals surface area contributed by atoms with Crippen LogP contribution in [0.3, 0.4) is 0 Å². The molecule has 0 radical (unpaired) electrons. The Balaban J connectivity index is 1.98. The molecule has 7 heteroatoms. The molecule has 0 unspecified atom stereocenters. The molecule has 0 aromatic carbocycles. The summed E-state index contributed by atoms with van der Waals surface area (Å²) in [6.45, 7) is 7.79. The van der Waals surface area contributed by atoms with Crippen molar-refractivity contribution in [1.29, 1.82) is 0 Å². The third kappa shape index (κ3) is 4.56. The van der Waals surface area contributed by atoms with Crippen molar-refractivity contribution < 1.29 is 14.5 Å². The molecule has 0 bridgehead atoms. The predicted octanol–water partition coefficient (Wildman–Crippen LogP) is 0.878. The number of hydrogen-bond acceptors (Lipinski definition) is 5. The molecule has 0 aliphatic rings. The molecule has 124 valence electrons. The van der Waals surface area contributed by atoms with Crippen LogP contribution < -0.4 is 10.2 Å². The van der Waals surface area contributed by atoms with Gasteiger partial charge in [0.1, 0.15) is 0 Å². The molecule has 0 saturated heterocycles. The van der Waals surface area contributed by atoms with Crippen molar-refractivity contribution in [2.45, 2.75) is 45.4 Å². The SMILES string of the molecule is COc1cccc(Cn2cc(BOC(C)(C)C(C)(C)O)cn2)n1. The highest BCUT2D eigenvalue weighted by molar-refractivity contribution is 6.46. The van der Waals surface area contributed by atoms with Crippen LogP contribution in [0.1, 0.15) is 33.4 Å². The number of ether oxygens (including phenoxy) is 1. The smallest absolute Gasteiger partial charge is 0.312 e. The van der Waals surface area contributed by atoms with Crippen LogP contribution in [0.5, 0.6) is 5.88 Å². The number of pyridine rings is 1. The zero-order chi connectivity index (χ0) is 17.1. The van der Waals surface area contributed by atoms with Crippen molar-refractivity contribution in [2.24, 2.45) is 0 Å². The first-order valence-electron chi connectivity index (χ1n) is 7.59. The molecule has 0 atom stereocenters. The van der Waals surface area contributed by atoms with Gasteiger partial charge in [0.15, 0.2) is 0 Å². The highest BCUT2D eigenvalue weighted by atomic mass is 16.5. The fourth-order valence-electron chi connectivity index (χ4n) is 1.83. The van der Waals surface area contributed by atoms with Gasteiger partial charge in [-0.15, -0.1) is 0 Å². The molecule has 0 aliphatic heterocycles. The maximum absolute atomic E-state index is 10.1. The van der Waals surface area contributed by atoms with Crippen molar-refractivity contribution in [3.8, 4) is 5.88 Å². The molecule has 2 heterocycles. The van der Waals surface area contributed by atoms with Gasteiger partial charge in [0.05, 0.1) is 30.6 Å². The summed E-state index contributed by atoms with van der Waals surface area (Å²) < 4.78 is 12.8. The van der Waals surface area contributed by atoms with Crippen LogP contribution in [-0.2, 0) is 11.2 Å². The summed E-state index contributed by atoms with van der Waals surface area (Å²) in [4.78, 5) is 4.37. The van der Waals surface area contributed by atoms with Gasteiger partial charge in [-0.1, -0.05) is 6.07 Å². The molecule has 2 rings (SSSR count). The van der Waals surface area contributed by atoms with E-state index in [0.29, 0.717) is 19.9 Å². The third-order valence-corrected chi connectivity index (χ3v) is 4.07. The summed E-state index contributed by atoms with van der Waals surface area (Å²) in [5.74, 6) is 0.588. The number of rotatable bonds is 7. The van der Waals surface area contributed by atoms with Crippen LogP contribution in [0.2, 0.25) is 0 Å². The van der Waals surface area contributed by atoms with Crippen molar-refractivity contribution in [3.05, 3.63) is 36.3 Å². The zero-order valence-electron chi connectivity index (χ0n) is 14.4. The molecule has 0 amide bonds. The quantitative estimate of drug-likeness (QED) is 0.768. The topological polar surface area (TPSA) is 69.4 Å². The Morgan fingerprint density at radius 3 is 2.65 bits per heavy atom. The number of methoxy groups -OCH3 is 1. The summed E-state index contributed by atoms with van der Waals surface area (Å²) in [6.07, 6.45) is 3.68. The molecule has 1 N–H and O–H groups in total. The van der Waals surface area contributed by atoms with E-state index in [4.69, 9.17) is 9.39 Å². The summed E-state index contributed by atoms with van der Waals surface area (Å²) >= 11 is 0. The highest BCUT2D eigenvalue weighted by Gasteiger charge is 2.35. The van der Waals surface area contributed by atoms with E-state index >= 15 is 0 Å². The Morgan fingerprint density at radius 2 is 2.00 bits per heavy atom. The van der Waals surface area contributed by atoms with Crippen molar-refractivity contribution in [2.75, 3.05) is 7.11 Å². The molecular weight excluding hydrogens is 293 g/mol. The molecule has 0 fully saturated rings. The van der Waals surface area contributed by atoms with Gasteiger partial charge < -0.3 is 14.5 Å². The summed E-state index contributed by atoms with van der Waals surface area (Å²) in [5, 5.41) is 14.4. The van der Waals surface area contributed by atoms with Crippen LogP contribution >= 0.6 is 0 Å². The average molecular weight is 317 g/mol. The van der Waals surface area contributed by atoms with E-state index in [1.165, 1.54) is 0 Å². The predicted molar refractivity (Wildman–Crippen MR) is 90.4 cm³/mol. The lowest BCUT2D eigenvalue weighted by molar-refractivity contribution is -0.0893. The first kappa shape index (κ1) is 17.5. The maximum Gasteiger partial charge on any atom is 0.312 e. The monoisotopic (exact) mass is 317 g/mol.